The van der Waals surface area contributed by atoms with Crippen LogP contribution >= 0.6 is 0 Å². The number of ketones is 1. The Labute approximate surface area is 223 Å². The van der Waals surface area contributed by atoms with E-state index < -0.39 is 5.41 Å². The molecule has 9 heteroatoms. The van der Waals surface area contributed by atoms with Gasteiger partial charge in [0.1, 0.15) is 35.7 Å². The fraction of sp³-hybridized carbons (Fsp3) is 0.370. The van der Waals surface area contributed by atoms with E-state index in [1.165, 1.54) is 0 Å². The van der Waals surface area contributed by atoms with E-state index in [2.05, 4.69) is 0 Å². The monoisotopic (exact) mass is 558 g/mol. The molecule has 2 aromatic carbocycles. The van der Waals surface area contributed by atoms with E-state index in [0.29, 0.717) is 11.5 Å². The Morgan fingerprint density at radius 2 is 1.61 bits per heavy atom. The molecule has 0 saturated carbocycles. The number of rotatable bonds is 9. The third kappa shape index (κ3) is 6.46. The molecule has 0 saturated heterocycles. The van der Waals surface area contributed by atoms with E-state index in [1.807, 2.05) is 93.1 Å². The fourth-order valence-electron chi connectivity index (χ4n) is 3.63. The van der Waals surface area contributed by atoms with E-state index in [1.54, 1.807) is 32.2 Å². The zero-order valence-corrected chi connectivity index (χ0v) is 23.8. The molecule has 1 heterocycles. The lowest BCUT2D eigenvalue weighted by Crippen LogP contribution is -3.00. The van der Waals surface area contributed by atoms with Crippen molar-refractivity contribution in [2.75, 3.05) is 40.3 Å². The van der Waals surface area contributed by atoms with Gasteiger partial charge in [-0.25, -0.2) is 4.57 Å². The number of imidazole rings is 1. The summed E-state index contributed by atoms with van der Waals surface area (Å²) in [5.74, 6) is 3.04. The number of anilines is 1. The number of Topliss-reactive ketones (excluding diaryl/α,β-unsaturated/α-hetero) is 1. The van der Waals surface area contributed by atoms with Crippen molar-refractivity contribution in [3.63, 3.8) is 0 Å². The first-order valence-electron chi connectivity index (χ1n) is 11.3. The number of ether oxygens (including phenoxy) is 3. The number of hydrogen-bond acceptors (Lipinski definition) is 6. The minimum Gasteiger partial charge on any atom is -1.00 e. The molecule has 0 aliphatic heterocycles. The van der Waals surface area contributed by atoms with Gasteiger partial charge in [-0.05, 0) is 36.4 Å². The molecule has 1 aromatic heterocycles. The standard InChI is InChI=1S/C27H35N4O4.BrH/c1-27(2,3)24(32)18-30-13-14-31(26(30)20-9-11-21(33-6)12-10-20)28-17-19-15-22(34-7)25(29(4)5)23(16-19)35-8;/h9-17H,18H2,1-8H3;1H/q+1;/p-1. The number of benzene rings is 2. The van der Waals surface area contributed by atoms with Crippen molar-refractivity contribution >= 4 is 17.7 Å². The van der Waals surface area contributed by atoms with Crippen molar-refractivity contribution in [3.8, 4) is 28.6 Å². The minimum atomic E-state index is -0.448. The Morgan fingerprint density at radius 3 is 2.08 bits per heavy atom. The summed E-state index contributed by atoms with van der Waals surface area (Å²) in [7, 11) is 8.77. The summed E-state index contributed by atoms with van der Waals surface area (Å²) in [6.07, 6.45) is 5.46. The minimum absolute atomic E-state index is 0. The molecule has 0 aliphatic carbocycles. The molecule has 0 radical (unpaired) electrons. The number of nitrogens with zero attached hydrogens (tertiary/aromatic N) is 4. The van der Waals surface area contributed by atoms with Crippen LogP contribution in [0.2, 0.25) is 0 Å². The zero-order chi connectivity index (χ0) is 25.8. The van der Waals surface area contributed by atoms with E-state index in [9.17, 15) is 4.79 Å². The highest BCUT2D eigenvalue weighted by molar-refractivity contribution is 5.85. The normalized spacial score (nSPS) is 11.2. The van der Waals surface area contributed by atoms with Crippen LogP contribution in [-0.2, 0) is 11.3 Å². The number of hydrogen-bond donors (Lipinski definition) is 0. The Bertz CT molecular complexity index is 1190. The Kier molecular flexibility index (Phi) is 9.69. The van der Waals surface area contributed by atoms with Crippen LogP contribution in [0.3, 0.4) is 0 Å². The second-order valence-electron chi connectivity index (χ2n) is 9.41. The quantitative estimate of drug-likeness (QED) is 0.290. The molecule has 0 unspecified atom stereocenters. The molecule has 0 amide bonds. The molecule has 0 bridgehead atoms. The third-order valence-corrected chi connectivity index (χ3v) is 5.66. The average Bonchev–Trinajstić information content (AvgIpc) is 3.23. The van der Waals surface area contributed by atoms with Gasteiger partial charge in [0.25, 0.3) is 0 Å². The van der Waals surface area contributed by atoms with Crippen molar-refractivity contribution in [3.05, 3.63) is 54.4 Å². The van der Waals surface area contributed by atoms with Crippen molar-refractivity contribution in [2.24, 2.45) is 10.5 Å². The van der Waals surface area contributed by atoms with Crippen molar-refractivity contribution in [1.29, 1.82) is 0 Å². The predicted octanol–water partition coefficient (Wildman–Crippen LogP) is 1.04. The fourth-order valence-corrected chi connectivity index (χ4v) is 3.63. The summed E-state index contributed by atoms with van der Waals surface area (Å²) < 4.78 is 20.2. The largest absolute Gasteiger partial charge is 1.00 e. The lowest BCUT2D eigenvalue weighted by Gasteiger charge is -2.20. The summed E-state index contributed by atoms with van der Waals surface area (Å²) in [6, 6.07) is 11.5. The highest BCUT2D eigenvalue weighted by Crippen LogP contribution is 2.37. The molecule has 3 aromatic rings. The lowest BCUT2D eigenvalue weighted by atomic mass is 9.91. The van der Waals surface area contributed by atoms with Gasteiger partial charge in [-0.15, -0.1) is 4.68 Å². The van der Waals surface area contributed by atoms with Crippen LogP contribution in [0.25, 0.3) is 11.4 Å². The maximum atomic E-state index is 12.8. The first-order chi connectivity index (χ1) is 16.6. The highest BCUT2D eigenvalue weighted by atomic mass is 79.9. The summed E-state index contributed by atoms with van der Waals surface area (Å²) in [5, 5.41) is 4.71. The van der Waals surface area contributed by atoms with Gasteiger partial charge in [0.2, 0.25) is 0 Å². The number of carbonyl (C=O) groups is 1. The van der Waals surface area contributed by atoms with E-state index >= 15 is 0 Å². The summed E-state index contributed by atoms with van der Waals surface area (Å²) in [6.45, 7) is 6.02. The molecular weight excluding hydrogens is 524 g/mol. The van der Waals surface area contributed by atoms with Crippen molar-refractivity contribution < 1.29 is 40.7 Å². The molecule has 36 heavy (non-hydrogen) atoms. The molecular formula is C27H35BrN4O4. The predicted molar refractivity (Wildman–Crippen MR) is 138 cm³/mol. The van der Waals surface area contributed by atoms with Crippen LogP contribution in [-0.4, -0.2) is 52.0 Å². The molecule has 0 aliphatic rings. The van der Waals surface area contributed by atoms with E-state index in [4.69, 9.17) is 19.3 Å². The van der Waals surface area contributed by atoms with Gasteiger partial charge in [-0.2, -0.15) is 0 Å². The summed E-state index contributed by atoms with van der Waals surface area (Å²) in [5.41, 5.74) is 2.13. The Morgan fingerprint density at radius 1 is 1.03 bits per heavy atom. The molecule has 194 valence electrons. The van der Waals surface area contributed by atoms with Crippen LogP contribution in [0, 0.1) is 5.41 Å². The molecule has 8 nitrogen and oxygen atoms in total. The lowest BCUT2D eigenvalue weighted by molar-refractivity contribution is -0.666. The molecule has 3 rings (SSSR count). The van der Waals surface area contributed by atoms with Crippen molar-refractivity contribution in [2.45, 2.75) is 27.3 Å². The second-order valence-corrected chi connectivity index (χ2v) is 9.41. The Hall–Kier alpha value is -3.33. The topological polar surface area (TPSA) is 69.2 Å². The SMILES string of the molecule is COc1ccc(-c2n(CC(=O)C(C)(C)C)cc[n+]2N=Cc2cc(OC)c(N(C)C)c(OC)c2)cc1.[Br-]. The Balaban J connectivity index is 0.00000456. The molecule has 0 fully saturated rings. The van der Waals surface area contributed by atoms with Gasteiger partial charge in [0, 0.05) is 25.1 Å². The smallest absolute Gasteiger partial charge is 0.314 e. The van der Waals surface area contributed by atoms with Crippen LogP contribution in [0.15, 0.2) is 53.9 Å². The number of aromatic nitrogens is 2. The summed E-state index contributed by atoms with van der Waals surface area (Å²) in [4.78, 5) is 14.8. The van der Waals surface area contributed by atoms with E-state index in [-0.39, 0.29) is 29.3 Å². The average molecular weight is 560 g/mol. The van der Waals surface area contributed by atoms with Crippen molar-refractivity contribution in [1.82, 2.24) is 4.57 Å². The molecule has 0 spiro atoms. The van der Waals surface area contributed by atoms with Gasteiger partial charge in [0.05, 0.1) is 33.1 Å². The van der Waals surface area contributed by atoms with Crippen LogP contribution in [0.1, 0.15) is 26.3 Å². The summed E-state index contributed by atoms with van der Waals surface area (Å²) >= 11 is 0. The second kappa shape index (κ2) is 12.1. The van der Waals surface area contributed by atoms with Gasteiger partial charge < -0.3 is 36.1 Å². The third-order valence-electron chi connectivity index (χ3n) is 5.66. The van der Waals surface area contributed by atoms with Gasteiger partial charge >= 0.3 is 5.82 Å². The van der Waals surface area contributed by atoms with Crippen LogP contribution < -0.4 is 40.8 Å². The van der Waals surface area contributed by atoms with Crippen LogP contribution in [0.4, 0.5) is 5.69 Å². The zero-order valence-electron chi connectivity index (χ0n) is 22.2. The maximum Gasteiger partial charge on any atom is 0.314 e. The highest BCUT2D eigenvalue weighted by Gasteiger charge is 2.27. The van der Waals surface area contributed by atoms with Gasteiger partial charge in [0.15, 0.2) is 12.0 Å². The first-order valence-corrected chi connectivity index (χ1v) is 11.3. The first kappa shape index (κ1) is 28.9. The molecule has 0 atom stereocenters. The maximum absolute atomic E-state index is 12.8. The van der Waals surface area contributed by atoms with Crippen LogP contribution in [0.5, 0.6) is 17.2 Å². The number of methoxy groups -OCH3 is 3. The number of carbonyl (C=O) groups excluding carboxylic acids is 1. The van der Waals surface area contributed by atoms with Gasteiger partial charge in [-0.3, -0.25) is 4.79 Å². The number of halogens is 1. The molecule has 0 N–H and O–H groups in total. The van der Waals surface area contributed by atoms with Gasteiger partial charge in [-0.1, -0.05) is 25.9 Å². The van der Waals surface area contributed by atoms with E-state index in [0.717, 1.165) is 28.4 Å².